The van der Waals surface area contributed by atoms with E-state index in [9.17, 15) is 4.39 Å². The molecule has 106 valence electrons. The van der Waals surface area contributed by atoms with E-state index >= 15 is 0 Å². The second kappa shape index (κ2) is 5.13. The van der Waals surface area contributed by atoms with Gasteiger partial charge in [0.2, 0.25) is 0 Å². The maximum Gasteiger partial charge on any atom is 0.162 e. The summed E-state index contributed by atoms with van der Waals surface area (Å²) in [7, 11) is 1.78. The number of anilines is 1. The van der Waals surface area contributed by atoms with Gasteiger partial charge in [0.25, 0.3) is 0 Å². The summed E-state index contributed by atoms with van der Waals surface area (Å²) in [5, 5.41) is 3.71. The molecule has 0 aliphatic heterocycles. The largest absolute Gasteiger partial charge is 0.373 e. The molecule has 1 heterocycles. The predicted octanol–water partition coefficient (Wildman–Crippen LogP) is 4.09. The molecule has 1 aromatic heterocycles. The first-order chi connectivity index (χ1) is 10.1. The lowest BCUT2D eigenvalue weighted by Crippen LogP contribution is -2.00. The van der Waals surface area contributed by atoms with Crippen LogP contribution in [0.25, 0.3) is 22.3 Å². The van der Waals surface area contributed by atoms with Crippen molar-refractivity contribution in [2.75, 3.05) is 12.4 Å². The average molecular weight is 281 g/mol. The van der Waals surface area contributed by atoms with Gasteiger partial charge in [-0.3, -0.25) is 0 Å². The summed E-state index contributed by atoms with van der Waals surface area (Å²) >= 11 is 0. The van der Waals surface area contributed by atoms with E-state index in [4.69, 9.17) is 0 Å². The summed E-state index contributed by atoms with van der Waals surface area (Å²) in [4.78, 5) is 9.12. The van der Waals surface area contributed by atoms with Crippen molar-refractivity contribution >= 4 is 16.7 Å². The molecule has 0 fully saturated rings. The Morgan fingerprint density at radius 1 is 1.00 bits per heavy atom. The van der Waals surface area contributed by atoms with Crippen molar-refractivity contribution < 1.29 is 4.39 Å². The van der Waals surface area contributed by atoms with Gasteiger partial charge in [-0.05, 0) is 43.7 Å². The van der Waals surface area contributed by atoms with Gasteiger partial charge < -0.3 is 5.32 Å². The van der Waals surface area contributed by atoms with Crippen molar-refractivity contribution in [1.82, 2.24) is 9.97 Å². The zero-order chi connectivity index (χ0) is 15.0. The highest BCUT2D eigenvalue weighted by Gasteiger charge is 2.11. The summed E-state index contributed by atoms with van der Waals surface area (Å²) in [5.41, 5.74) is 4.00. The van der Waals surface area contributed by atoms with E-state index in [1.54, 1.807) is 13.1 Å². The van der Waals surface area contributed by atoms with Crippen LogP contribution in [-0.2, 0) is 0 Å². The summed E-state index contributed by atoms with van der Waals surface area (Å²) in [6.45, 7) is 4.07. The van der Waals surface area contributed by atoms with E-state index < -0.39 is 0 Å². The molecule has 0 amide bonds. The van der Waals surface area contributed by atoms with Crippen LogP contribution in [0, 0.1) is 19.7 Å². The molecular weight excluding hydrogens is 265 g/mol. The first kappa shape index (κ1) is 13.5. The fourth-order valence-corrected chi connectivity index (χ4v) is 2.39. The number of hydrogen-bond acceptors (Lipinski definition) is 3. The normalized spacial score (nSPS) is 10.9. The van der Waals surface area contributed by atoms with Crippen LogP contribution in [0.1, 0.15) is 11.1 Å². The molecule has 0 radical (unpaired) electrons. The molecule has 0 aliphatic carbocycles. The Morgan fingerprint density at radius 3 is 2.57 bits per heavy atom. The van der Waals surface area contributed by atoms with Crippen LogP contribution in [0.3, 0.4) is 0 Å². The van der Waals surface area contributed by atoms with Crippen LogP contribution >= 0.6 is 0 Å². The van der Waals surface area contributed by atoms with Gasteiger partial charge in [0, 0.05) is 18.0 Å². The Morgan fingerprint density at radius 2 is 1.81 bits per heavy atom. The van der Waals surface area contributed by atoms with E-state index in [0.29, 0.717) is 17.0 Å². The lowest BCUT2D eigenvalue weighted by Gasteiger charge is -2.10. The molecule has 21 heavy (non-hydrogen) atoms. The van der Waals surface area contributed by atoms with Crippen LogP contribution in [0.5, 0.6) is 0 Å². The number of rotatable bonds is 2. The Labute approximate surface area is 122 Å². The number of fused-ring (bicyclic) bond motifs is 1. The Balaban J connectivity index is 2.29. The van der Waals surface area contributed by atoms with Gasteiger partial charge in [-0.25, -0.2) is 14.4 Å². The number of hydrogen-bond donors (Lipinski definition) is 1. The van der Waals surface area contributed by atoms with Gasteiger partial charge in [-0.1, -0.05) is 17.7 Å². The predicted molar refractivity (Wildman–Crippen MR) is 84.0 cm³/mol. The summed E-state index contributed by atoms with van der Waals surface area (Å²) in [6, 6.07) is 10.7. The molecule has 0 unspecified atom stereocenters. The summed E-state index contributed by atoms with van der Waals surface area (Å²) < 4.78 is 13.4. The maximum atomic E-state index is 13.4. The Bertz CT molecular complexity index is 828. The molecular formula is C17H16FN3. The minimum absolute atomic E-state index is 0.290. The number of halogens is 1. The van der Waals surface area contributed by atoms with Crippen LogP contribution < -0.4 is 5.32 Å². The smallest absolute Gasteiger partial charge is 0.162 e. The van der Waals surface area contributed by atoms with Gasteiger partial charge in [0.1, 0.15) is 11.6 Å². The molecule has 3 nitrogen and oxygen atoms in total. The lowest BCUT2D eigenvalue weighted by atomic mass is 10.0. The van der Waals surface area contributed by atoms with E-state index in [1.165, 1.54) is 12.1 Å². The van der Waals surface area contributed by atoms with Crippen molar-refractivity contribution in [2.45, 2.75) is 13.8 Å². The highest BCUT2D eigenvalue weighted by atomic mass is 19.1. The molecule has 0 atom stereocenters. The second-order valence-electron chi connectivity index (χ2n) is 5.13. The standard InChI is InChI=1S/C17H16FN3/c1-10-4-5-11(2)13(8-10)17-20-15-7-6-12(18)9-14(15)16(19-3)21-17/h4-9H,1-3H3,(H,19,20,21). The zero-order valence-electron chi connectivity index (χ0n) is 12.2. The Kier molecular flexibility index (Phi) is 3.29. The summed E-state index contributed by atoms with van der Waals surface area (Å²) in [5.74, 6) is 0.997. The van der Waals surface area contributed by atoms with Gasteiger partial charge >= 0.3 is 0 Å². The SMILES string of the molecule is CNc1nc(-c2cc(C)ccc2C)nc2ccc(F)cc12. The van der Waals surface area contributed by atoms with E-state index in [0.717, 1.165) is 22.2 Å². The van der Waals surface area contributed by atoms with Gasteiger partial charge in [-0.15, -0.1) is 0 Å². The number of aromatic nitrogens is 2. The average Bonchev–Trinajstić information content (AvgIpc) is 2.48. The number of benzene rings is 2. The van der Waals surface area contributed by atoms with Crippen molar-refractivity contribution in [3.05, 3.63) is 53.3 Å². The molecule has 1 N–H and O–H groups in total. The highest BCUT2D eigenvalue weighted by Crippen LogP contribution is 2.27. The summed E-state index contributed by atoms with van der Waals surface area (Å²) in [6.07, 6.45) is 0. The van der Waals surface area contributed by atoms with Gasteiger partial charge in [0.05, 0.1) is 5.52 Å². The topological polar surface area (TPSA) is 37.8 Å². The highest BCUT2D eigenvalue weighted by molar-refractivity contribution is 5.90. The quantitative estimate of drug-likeness (QED) is 0.768. The molecule has 4 heteroatoms. The Hall–Kier alpha value is -2.49. The third-order valence-corrected chi connectivity index (χ3v) is 3.53. The third kappa shape index (κ3) is 2.44. The first-order valence-corrected chi connectivity index (χ1v) is 6.81. The minimum atomic E-state index is -0.290. The lowest BCUT2D eigenvalue weighted by molar-refractivity contribution is 0.629. The molecule has 0 aliphatic rings. The third-order valence-electron chi connectivity index (χ3n) is 3.53. The van der Waals surface area contributed by atoms with Crippen molar-refractivity contribution in [1.29, 1.82) is 0 Å². The van der Waals surface area contributed by atoms with Crippen LogP contribution in [0.4, 0.5) is 10.2 Å². The maximum absolute atomic E-state index is 13.4. The van der Waals surface area contributed by atoms with E-state index in [-0.39, 0.29) is 5.82 Å². The minimum Gasteiger partial charge on any atom is -0.373 e. The van der Waals surface area contributed by atoms with Crippen molar-refractivity contribution in [2.24, 2.45) is 0 Å². The van der Waals surface area contributed by atoms with Crippen LogP contribution in [0.15, 0.2) is 36.4 Å². The molecule has 0 spiro atoms. The first-order valence-electron chi connectivity index (χ1n) is 6.81. The molecule has 2 aromatic carbocycles. The van der Waals surface area contributed by atoms with E-state index in [2.05, 4.69) is 33.5 Å². The van der Waals surface area contributed by atoms with E-state index in [1.807, 2.05) is 13.8 Å². The fourth-order valence-electron chi connectivity index (χ4n) is 2.39. The number of nitrogens with zero attached hydrogens (tertiary/aromatic N) is 2. The van der Waals surface area contributed by atoms with Gasteiger partial charge in [-0.2, -0.15) is 0 Å². The molecule has 0 saturated heterocycles. The van der Waals surface area contributed by atoms with Crippen LogP contribution in [-0.4, -0.2) is 17.0 Å². The molecule has 3 aromatic rings. The monoisotopic (exact) mass is 281 g/mol. The van der Waals surface area contributed by atoms with Crippen LogP contribution in [0.2, 0.25) is 0 Å². The fraction of sp³-hybridized carbons (Fsp3) is 0.176. The molecule has 3 rings (SSSR count). The zero-order valence-corrected chi connectivity index (χ0v) is 12.2. The van der Waals surface area contributed by atoms with Crippen molar-refractivity contribution in [3.63, 3.8) is 0 Å². The molecule has 0 saturated carbocycles. The van der Waals surface area contributed by atoms with Crippen molar-refractivity contribution in [3.8, 4) is 11.4 Å². The number of aryl methyl sites for hydroxylation is 2. The van der Waals surface area contributed by atoms with Gasteiger partial charge in [0.15, 0.2) is 5.82 Å². The number of nitrogens with one attached hydrogen (secondary N) is 1. The second-order valence-corrected chi connectivity index (χ2v) is 5.13. The molecule has 0 bridgehead atoms.